The molecule has 2 N–H and O–H groups in total. The molecule has 1 aromatic heterocycles. The molecule has 1 aromatic carbocycles. The largest absolute Gasteiger partial charge is 0.484 e. The Labute approximate surface area is 147 Å². The van der Waals surface area contributed by atoms with E-state index in [0.717, 1.165) is 18.5 Å². The lowest BCUT2D eigenvalue weighted by molar-refractivity contribution is -0.127. The van der Waals surface area contributed by atoms with Gasteiger partial charge >= 0.3 is 0 Å². The van der Waals surface area contributed by atoms with E-state index in [9.17, 15) is 9.59 Å². The van der Waals surface area contributed by atoms with Crippen molar-refractivity contribution >= 4 is 11.8 Å². The molecule has 1 atom stereocenters. The third kappa shape index (κ3) is 5.95. The lowest BCUT2D eigenvalue weighted by Crippen LogP contribution is -2.40. The number of aromatic nitrogens is 2. The predicted molar refractivity (Wildman–Crippen MR) is 94.0 cm³/mol. The molecule has 2 aromatic rings. The molecule has 0 saturated heterocycles. The Bertz CT molecular complexity index is 685. The number of carbonyl (C=O) groups excluding carboxylic acids is 2. The number of rotatable bonds is 9. The molecule has 0 fully saturated rings. The fourth-order valence-electron chi connectivity index (χ4n) is 2.29. The summed E-state index contributed by atoms with van der Waals surface area (Å²) in [6, 6.07) is 8.93. The first-order chi connectivity index (χ1) is 12.1. The summed E-state index contributed by atoms with van der Waals surface area (Å²) >= 11 is 0. The molecule has 7 nitrogen and oxygen atoms in total. The van der Waals surface area contributed by atoms with Crippen molar-refractivity contribution in [3.8, 4) is 5.75 Å². The van der Waals surface area contributed by atoms with Crippen LogP contribution in [0.1, 0.15) is 31.9 Å². The summed E-state index contributed by atoms with van der Waals surface area (Å²) in [6.07, 6.45) is 4.41. The second-order valence-electron chi connectivity index (χ2n) is 5.54. The molecule has 0 aliphatic heterocycles. The van der Waals surface area contributed by atoms with Crippen LogP contribution < -0.4 is 15.4 Å². The van der Waals surface area contributed by atoms with Gasteiger partial charge in [-0.3, -0.25) is 14.3 Å². The van der Waals surface area contributed by atoms with Crippen LogP contribution in [0, 0.1) is 0 Å². The van der Waals surface area contributed by atoms with Gasteiger partial charge in [-0.2, -0.15) is 5.10 Å². The van der Waals surface area contributed by atoms with Gasteiger partial charge in [0.2, 0.25) is 5.91 Å². The quantitative estimate of drug-likeness (QED) is 0.724. The van der Waals surface area contributed by atoms with E-state index in [1.807, 2.05) is 42.9 Å². The van der Waals surface area contributed by atoms with Gasteiger partial charge < -0.3 is 15.4 Å². The molecule has 134 valence electrons. The van der Waals surface area contributed by atoms with E-state index in [0.29, 0.717) is 5.75 Å². The minimum absolute atomic E-state index is 0.0879. The monoisotopic (exact) mass is 344 g/mol. The number of benzene rings is 1. The number of hydrogen-bond acceptors (Lipinski definition) is 4. The van der Waals surface area contributed by atoms with E-state index in [1.165, 1.54) is 0 Å². The van der Waals surface area contributed by atoms with Crippen LogP contribution in [0.5, 0.6) is 5.75 Å². The highest BCUT2D eigenvalue weighted by Crippen LogP contribution is 2.15. The summed E-state index contributed by atoms with van der Waals surface area (Å²) in [5, 5.41) is 9.67. The second kappa shape index (κ2) is 9.46. The fraction of sp³-hybridized carbons (Fsp3) is 0.389. The zero-order chi connectivity index (χ0) is 18.1. The Hall–Kier alpha value is -2.83. The lowest BCUT2D eigenvalue weighted by Gasteiger charge is -2.15. The molecule has 0 aliphatic carbocycles. The van der Waals surface area contributed by atoms with Gasteiger partial charge in [0.15, 0.2) is 6.61 Å². The molecule has 1 unspecified atom stereocenters. The first-order valence-electron chi connectivity index (χ1n) is 8.38. The van der Waals surface area contributed by atoms with E-state index < -0.39 is 0 Å². The van der Waals surface area contributed by atoms with E-state index in [2.05, 4.69) is 15.7 Å². The molecule has 0 bridgehead atoms. The van der Waals surface area contributed by atoms with Gasteiger partial charge in [0.1, 0.15) is 5.75 Å². The Balaban J connectivity index is 1.74. The SMILES string of the molecule is CCC(NC(=O)CNC(=O)COc1ccccc1)c1cnn(CC)c1. The summed E-state index contributed by atoms with van der Waals surface area (Å²) in [5.74, 6) is 0.0242. The molecule has 7 heteroatoms. The van der Waals surface area contributed by atoms with Crippen molar-refractivity contribution in [3.63, 3.8) is 0 Å². The summed E-state index contributed by atoms with van der Waals surface area (Å²) in [7, 11) is 0. The fourth-order valence-corrected chi connectivity index (χ4v) is 2.29. The average Bonchev–Trinajstić information content (AvgIpc) is 3.12. The Morgan fingerprint density at radius 2 is 1.96 bits per heavy atom. The standard InChI is InChI=1S/C18H24N4O3/c1-3-16(14-10-20-22(4-2)12-14)21-17(23)11-19-18(24)13-25-15-8-6-5-7-9-15/h5-10,12,16H,3-4,11,13H2,1-2H3,(H,19,24)(H,21,23). The third-order valence-corrected chi connectivity index (χ3v) is 3.68. The smallest absolute Gasteiger partial charge is 0.258 e. The first-order valence-corrected chi connectivity index (χ1v) is 8.38. The van der Waals surface area contributed by atoms with Crippen molar-refractivity contribution in [1.29, 1.82) is 0 Å². The van der Waals surface area contributed by atoms with Crippen LogP contribution in [0.25, 0.3) is 0 Å². The summed E-state index contributed by atoms with van der Waals surface area (Å²) in [5.41, 5.74) is 0.955. The Morgan fingerprint density at radius 1 is 1.20 bits per heavy atom. The van der Waals surface area contributed by atoms with Gasteiger partial charge in [0.05, 0.1) is 18.8 Å². The molecule has 1 heterocycles. The van der Waals surface area contributed by atoms with Crippen LogP contribution in [0.4, 0.5) is 0 Å². The topological polar surface area (TPSA) is 85.2 Å². The number of nitrogens with one attached hydrogen (secondary N) is 2. The van der Waals surface area contributed by atoms with E-state index >= 15 is 0 Å². The number of nitrogens with zero attached hydrogens (tertiary/aromatic N) is 2. The Kier molecular flexibility index (Phi) is 7.00. The number of aryl methyl sites for hydroxylation is 1. The molecule has 2 amide bonds. The number of para-hydroxylation sites is 1. The normalized spacial score (nSPS) is 11.6. The van der Waals surface area contributed by atoms with Crippen molar-refractivity contribution in [2.75, 3.05) is 13.2 Å². The molecule has 0 spiro atoms. The van der Waals surface area contributed by atoms with E-state index in [1.54, 1.807) is 18.3 Å². The molecule has 0 aliphatic rings. The van der Waals surface area contributed by atoms with Crippen LogP contribution >= 0.6 is 0 Å². The van der Waals surface area contributed by atoms with Crippen LogP contribution in [-0.4, -0.2) is 34.7 Å². The zero-order valence-electron chi connectivity index (χ0n) is 14.6. The van der Waals surface area contributed by atoms with Crippen LogP contribution in [0.15, 0.2) is 42.7 Å². The number of ether oxygens (including phenoxy) is 1. The third-order valence-electron chi connectivity index (χ3n) is 3.68. The van der Waals surface area contributed by atoms with Gasteiger partial charge in [-0.25, -0.2) is 0 Å². The highest BCUT2D eigenvalue weighted by Gasteiger charge is 2.15. The molecule has 0 saturated carbocycles. The first kappa shape index (κ1) is 18.5. The van der Waals surface area contributed by atoms with E-state index in [4.69, 9.17) is 4.74 Å². The maximum absolute atomic E-state index is 12.0. The summed E-state index contributed by atoms with van der Waals surface area (Å²) in [6.45, 7) is 4.55. The number of carbonyl (C=O) groups is 2. The van der Waals surface area contributed by atoms with Gasteiger partial charge in [0.25, 0.3) is 5.91 Å². The van der Waals surface area contributed by atoms with Crippen molar-refractivity contribution in [3.05, 3.63) is 48.3 Å². The summed E-state index contributed by atoms with van der Waals surface area (Å²) in [4.78, 5) is 23.8. The van der Waals surface area contributed by atoms with E-state index in [-0.39, 0.29) is 31.0 Å². The molecule has 25 heavy (non-hydrogen) atoms. The molecular formula is C18H24N4O3. The minimum Gasteiger partial charge on any atom is -0.484 e. The highest BCUT2D eigenvalue weighted by molar-refractivity contribution is 5.85. The number of hydrogen-bond donors (Lipinski definition) is 2. The highest BCUT2D eigenvalue weighted by atomic mass is 16.5. The van der Waals surface area contributed by atoms with Crippen molar-refractivity contribution in [2.24, 2.45) is 0 Å². The number of amides is 2. The molecular weight excluding hydrogens is 320 g/mol. The van der Waals surface area contributed by atoms with Crippen LogP contribution in [0.2, 0.25) is 0 Å². The van der Waals surface area contributed by atoms with Crippen LogP contribution in [0.3, 0.4) is 0 Å². The lowest BCUT2D eigenvalue weighted by atomic mass is 10.1. The summed E-state index contributed by atoms with van der Waals surface area (Å²) < 4.78 is 7.14. The second-order valence-corrected chi connectivity index (χ2v) is 5.54. The van der Waals surface area contributed by atoms with Gasteiger partial charge in [-0.05, 0) is 25.5 Å². The van der Waals surface area contributed by atoms with Crippen LogP contribution in [-0.2, 0) is 16.1 Å². The zero-order valence-corrected chi connectivity index (χ0v) is 14.6. The van der Waals surface area contributed by atoms with Crippen molar-refractivity contribution in [1.82, 2.24) is 20.4 Å². The van der Waals surface area contributed by atoms with Gasteiger partial charge in [-0.1, -0.05) is 25.1 Å². The molecule has 0 radical (unpaired) electrons. The maximum atomic E-state index is 12.0. The predicted octanol–water partition coefficient (Wildman–Crippen LogP) is 1.67. The molecule has 2 rings (SSSR count). The van der Waals surface area contributed by atoms with Gasteiger partial charge in [-0.15, -0.1) is 0 Å². The minimum atomic E-state index is -0.342. The van der Waals surface area contributed by atoms with Gasteiger partial charge in [0, 0.05) is 18.3 Å². The maximum Gasteiger partial charge on any atom is 0.258 e. The average molecular weight is 344 g/mol. The Morgan fingerprint density at radius 3 is 2.60 bits per heavy atom. The van der Waals surface area contributed by atoms with Crippen molar-refractivity contribution in [2.45, 2.75) is 32.9 Å². The van der Waals surface area contributed by atoms with Crippen molar-refractivity contribution < 1.29 is 14.3 Å².